The van der Waals surface area contributed by atoms with Crippen molar-refractivity contribution in [1.29, 1.82) is 0 Å². The summed E-state index contributed by atoms with van der Waals surface area (Å²) in [7, 11) is 0. The number of thiazole rings is 1. The van der Waals surface area contributed by atoms with E-state index in [4.69, 9.17) is 0 Å². The van der Waals surface area contributed by atoms with Gasteiger partial charge in [0.15, 0.2) is 0 Å². The molecule has 2 aromatic heterocycles. The summed E-state index contributed by atoms with van der Waals surface area (Å²) in [5, 5.41) is 4.84. The van der Waals surface area contributed by atoms with Crippen LogP contribution >= 0.6 is 11.3 Å². The van der Waals surface area contributed by atoms with Gasteiger partial charge < -0.3 is 5.32 Å². The van der Waals surface area contributed by atoms with Crippen LogP contribution in [0.2, 0.25) is 0 Å². The van der Waals surface area contributed by atoms with Crippen LogP contribution in [-0.4, -0.2) is 15.9 Å². The van der Waals surface area contributed by atoms with Crippen molar-refractivity contribution in [3.63, 3.8) is 0 Å². The molecule has 4 nitrogen and oxygen atoms in total. The highest BCUT2D eigenvalue weighted by atomic mass is 32.1. The van der Waals surface area contributed by atoms with E-state index < -0.39 is 17.5 Å². The predicted molar refractivity (Wildman–Crippen MR) is 79.7 cm³/mol. The summed E-state index contributed by atoms with van der Waals surface area (Å²) >= 11 is 1.34. The van der Waals surface area contributed by atoms with Crippen LogP contribution < -0.4 is 5.32 Å². The molecule has 0 atom stereocenters. The quantitative estimate of drug-likeness (QED) is 0.800. The molecule has 110 valence electrons. The smallest absolute Gasteiger partial charge is 0.259 e. The van der Waals surface area contributed by atoms with Gasteiger partial charge in [0.2, 0.25) is 0 Å². The van der Waals surface area contributed by atoms with E-state index in [0.29, 0.717) is 16.9 Å². The fraction of sp³-hybridized carbons (Fsp3) is 0. The number of nitrogens with zero attached hydrogens (tertiary/aromatic N) is 2. The summed E-state index contributed by atoms with van der Waals surface area (Å²) in [6, 6.07) is 6.38. The molecule has 3 aromatic rings. The number of hydrogen-bond acceptors (Lipinski definition) is 4. The van der Waals surface area contributed by atoms with Crippen molar-refractivity contribution in [1.82, 2.24) is 9.97 Å². The second kappa shape index (κ2) is 5.98. The summed E-state index contributed by atoms with van der Waals surface area (Å²) in [4.78, 5) is 20.1. The number of aromatic nitrogens is 2. The Kier molecular flexibility index (Phi) is 3.88. The van der Waals surface area contributed by atoms with Gasteiger partial charge in [-0.05, 0) is 24.3 Å². The molecule has 2 heterocycles. The minimum atomic E-state index is -0.915. The highest BCUT2D eigenvalue weighted by Crippen LogP contribution is 2.25. The van der Waals surface area contributed by atoms with Crippen molar-refractivity contribution in [3.8, 4) is 10.6 Å². The Bertz CT molecular complexity index is 821. The number of anilines is 1. The molecule has 0 spiro atoms. The van der Waals surface area contributed by atoms with Crippen molar-refractivity contribution < 1.29 is 13.6 Å². The first kappa shape index (κ1) is 14.3. The van der Waals surface area contributed by atoms with E-state index in [0.717, 1.165) is 17.7 Å². The van der Waals surface area contributed by atoms with Crippen molar-refractivity contribution in [3.05, 3.63) is 65.3 Å². The molecule has 0 aliphatic rings. The number of nitrogens with one attached hydrogen (secondary N) is 1. The highest BCUT2D eigenvalue weighted by Gasteiger charge is 2.14. The second-order valence-corrected chi connectivity index (χ2v) is 5.21. The van der Waals surface area contributed by atoms with Crippen LogP contribution in [0.3, 0.4) is 0 Å². The molecular formula is C15H9F2N3OS. The van der Waals surface area contributed by atoms with E-state index >= 15 is 0 Å². The Balaban J connectivity index is 1.79. The fourth-order valence-corrected chi connectivity index (χ4v) is 2.57. The Morgan fingerprint density at radius 1 is 1.14 bits per heavy atom. The maximum atomic E-state index is 13.5. The monoisotopic (exact) mass is 317 g/mol. The topological polar surface area (TPSA) is 54.9 Å². The third kappa shape index (κ3) is 2.99. The molecule has 7 heteroatoms. The van der Waals surface area contributed by atoms with E-state index in [9.17, 15) is 13.6 Å². The van der Waals surface area contributed by atoms with Crippen LogP contribution in [0.1, 0.15) is 10.4 Å². The molecule has 1 N–H and O–H groups in total. The molecular weight excluding hydrogens is 308 g/mol. The lowest BCUT2D eigenvalue weighted by Crippen LogP contribution is -2.14. The number of halogens is 2. The summed E-state index contributed by atoms with van der Waals surface area (Å²) in [5.74, 6) is -2.01. The van der Waals surface area contributed by atoms with Crippen molar-refractivity contribution in [2.75, 3.05) is 5.32 Å². The summed E-state index contributed by atoms with van der Waals surface area (Å²) < 4.78 is 26.4. The van der Waals surface area contributed by atoms with Crippen molar-refractivity contribution in [2.24, 2.45) is 0 Å². The second-order valence-electron chi connectivity index (χ2n) is 4.35. The van der Waals surface area contributed by atoms with Gasteiger partial charge in [-0.15, -0.1) is 11.3 Å². The lowest BCUT2D eigenvalue weighted by atomic mass is 10.2. The number of hydrogen-bond donors (Lipinski definition) is 1. The molecule has 22 heavy (non-hydrogen) atoms. The minimum absolute atomic E-state index is 0.236. The third-order valence-corrected chi connectivity index (χ3v) is 3.74. The molecule has 1 amide bonds. The Morgan fingerprint density at radius 3 is 2.64 bits per heavy atom. The number of benzene rings is 1. The Labute approximate surface area is 128 Å². The standard InChI is InChI=1S/C15H9F2N3OS/c16-10-1-2-11(12(17)7-10)14(21)19-13-8-22-15(20-13)9-3-5-18-6-4-9/h1-8H,(H,19,21). The van der Waals surface area contributed by atoms with E-state index in [-0.39, 0.29) is 5.56 Å². The number of carbonyl (C=O) groups is 1. The van der Waals surface area contributed by atoms with E-state index in [1.807, 2.05) is 0 Å². The Hall–Kier alpha value is -2.67. The average molecular weight is 317 g/mol. The van der Waals surface area contributed by atoms with E-state index in [1.165, 1.54) is 11.3 Å². The van der Waals surface area contributed by atoms with Gasteiger partial charge in [0.1, 0.15) is 22.5 Å². The SMILES string of the molecule is O=C(Nc1csc(-c2ccncc2)n1)c1ccc(F)cc1F. The number of amides is 1. The van der Waals surface area contributed by atoms with E-state index in [1.54, 1.807) is 29.9 Å². The lowest BCUT2D eigenvalue weighted by Gasteiger charge is -2.03. The summed E-state index contributed by atoms with van der Waals surface area (Å²) in [6.45, 7) is 0. The average Bonchev–Trinajstić information content (AvgIpc) is 2.96. The molecule has 0 saturated carbocycles. The first-order valence-electron chi connectivity index (χ1n) is 6.26. The zero-order valence-corrected chi connectivity index (χ0v) is 11.9. The first-order chi connectivity index (χ1) is 10.6. The van der Waals surface area contributed by atoms with Gasteiger partial charge in [0, 0.05) is 29.4 Å². The van der Waals surface area contributed by atoms with Crippen molar-refractivity contribution in [2.45, 2.75) is 0 Å². The van der Waals surface area contributed by atoms with Gasteiger partial charge in [0.05, 0.1) is 5.56 Å². The van der Waals surface area contributed by atoms with Gasteiger partial charge in [-0.1, -0.05) is 0 Å². The zero-order chi connectivity index (χ0) is 15.5. The maximum Gasteiger partial charge on any atom is 0.259 e. The number of carbonyl (C=O) groups excluding carboxylic acids is 1. The predicted octanol–water partition coefficient (Wildman–Crippen LogP) is 3.74. The molecule has 0 bridgehead atoms. The third-order valence-electron chi connectivity index (χ3n) is 2.85. The molecule has 0 radical (unpaired) electrons. The summed E-state index contributed by atoms with van der Waals surface area (Å²) in [5.41, 5.74) is 0.633. The molecule has 0 unspecified atom stereocenters. The van der Waals surface area contributed by atoms with E-state index in [2.05, 4.69) is 15.3 Å². The van der Waals surface area contributed by atoms with Gasteiger partial charge >= 0.3 is 0 Å². The molecule has 0 aliphatic carbocycles. The van der Waals surface area contributed by atoms with Gasteiger partial charge in [-0.2, -0.15) is 0 Å². The molecule has 0 fully saturated rings. The molecule has 0 aliphatic heterocycles. The fourth-order valence-electron chi connectivity index (χ4n) is 1.82. The van der Waals surface area contributed by atoms with Crippen LogP contribution in [0.25, 0.3) is 10.6 Å². The molecule has 1 aromatic carbocycles. The number of rotatable bonds is 3. The molecule has 3 rings (SSSR count). The van der Waals surface area contributed by atoms with Crippen molar-refractivity contribution >= 4 is 23.1 Å². The van der Waals surface area contributed by atoms with Crippen LogP contribution in [0, 0.1) is 11.6 Å². The largest absolute Gasteiger partial charge is 0.306 e. The first-order valence-corrected chi connectivity index (χ1v) is 7.14. The zero-order valence-electron chi connectivity index (χ0n) is 11.1. The maximum absolute atomic E-state index is 13.5. The minimum Gasteiger partial charge on any atom is -0.306 e. The van der Waals surface area contributed by atoms with Gasteiger partial charge in [0.25, 0.3) is 5.91 Å². The highest BCUT2D eigenvalue weighted by molar-refractivity contribution is 7.13. The normalized spacial score (nSPS) is 10.5. The van der Waals surface area contributed by atoms with Gasteiger partial charge in [-0.3, -0.25) is 9.78 Å². The Morgan fingerprint density at radius 2 is 1.91 bits per heavy atom. The molecule has 0 saturated heterocycles. The van der Waals surface area contributed by atoms with Gasteiger partial charge in [-0.25, -0.2) is 13.8 Å². The van der Waals surface area contributed by atoms with Crippen LogP contribution in [-0.2, 0) is 0 Å². The van der Waals surface area contributed by atoms with Crippen LogP contribution in [0.4, 0.5) is 14.6 Å². The lowest BCUT2D eigenvalue weighted by molar-refractivity contribution is 0.102. The van der Waals surface area contributed by atoms with Crippen LogP contribution in [0.15, 0.2) is 48.1 Å². The van der Waals surface area contributed by atoms with Crippen LogP contribution in [0.5, 0.6) is 0 Å². The summed E-state index contributed by atoms with van der Waals surface area (Å²) in [6.07, 6.45) is 3.28. The number of pyridine rings is 1.